The summed E-state index contributed by atoms with van der Waals surface area (Å²) in [5, 5.41) is 6.33. The second-order valence-corrected chi connectivity index (χ2v) is 2.95. The van der Waals surface area contributed by atoms with Gasteiger partial charge >= 0.3 is 0 Å². The van der Waals surface area contributed by atoms with E-state index in [1.165, 1.54) is 4.90 Å². The van der Waals surface area contributed by atoms with Crippen LogP contribution in [0.25, 0.3) is 0 Å². The molecule has 0 saturated carbocycles. The van der Waals surface area contributed by atoms with Crippen LogP contribution in [-0.2, 0) is 0 Å². The van der Waals surface area contributed by atoms with Crippen molar-refractivity contribution in [2.24, 2.45) is 0 Å². The molecule has 1 amide bonds. The summed E-state index contributed by atoms with van der Waals surface area (Å²) in [6.45, 7) is 0. The predicted molar refractivity (Wildman–Crippen MR) is 47.4 cm³/mol. The van der Waals surface area contributed by atoms with Gasteiger partial charge in [0.05, 0.1) is 0 Å². The normalized spacial score (nSPS) is 9.50. The lowest BCUT2D eigenvalue weighted by Gasteiger charge is -2.07. The minimum absolute atomic E-state index is 0.138. The van der Waals surface area contributed by atoms with E-state index in [0.29, 0.717) is 10.3 Å². The topological polar surface area (TPSA) is 49.0 Å². The molecule has 1 heterocycles. The molecule has 0 aliphatic carbocycles. The molecule has 1 aromatic heterocycles. The van der Waals surface area contributed by atoms with Crippen molar-refractivity contribution >= 4 is 18.1 Å². The van der Waals surface area contributed by atoms with Crippen molar-refractivity contribution in [3.05, 3.63) is 22.5 Å². The molecule has 64 valence electrons. The van der Waals surface area contributed by atoms with Gasteiger partial charge in [-0.25, -0.2) is 0 Å². The number of carbonyl (C=O) groups is 1. The number of carbonyl (C=O) groups excluding carboxylic acids is 1. The number of H-pyrrole nitrogens is 1. The largest absolute Gasteiger partial charge is 0.343 e. The van der Waals surface area contributed by atoms with Gasteiger partial charge in [0.15, 0.2) is 0 Å². The highest BCUT2D eigenvalue weighted by Crippen LogP contribution is 1.95. The van der Waals surface area contributed by atoms with Crippen LogP contribution in [0.3, 0.4) is 0 Å². The molecule has 0 fully saturated rings. The monoisotopic (exact) mass is 183 g/mol. The first-order valence-corrected chi connectivity index (χ1v) is 3.79. The molecule has 12 heavy (non-hydrogen) atoms. The average molecular weight is 183 g/mol. The van der Waals surface area contributed by atoms with Crippen molar-refractivity contribution in [1.82, 2.24) is 15.1 Å². The molecular weight excluding hydrogens is 174 g/mol. The molecule has 0 aromatic carbocycles. The highest BCUT2D eigenvalue weighted by atomic mass is 32.1. The maximum absolute atomic E-state index is 11.3. The Balaban J connectivity index is 2.98. The van der Waals surface area contributed by atoms with Crippen molar-refractivity contribution in [2.75, 3.05) is 14.1 Å². The van der Waals surface area contributed by atoms with Gasteiger partial charge in [0.2, 0.25) is 0 Å². The van der Waals surface area contributed by atoms with Crippen LogP contribution >= 0.6 is 12.2 Å². The van der Waals surface area contributed by atoms with E-state index in [4.69, 9.17) is 12.2 Å². The lowest BCUT2D eigenvalue weighted by molar-refractivity contribution is 0.0821. The zero-order valence-corrected chi connectivity index (χ0v) is 7.68. The number of rotatable bonds is 1. The molecule has 5 heteroatoms. The molecule has 4 nitrogen and oxygen atoms in total. The van der Waals surface area contributed by atoms with Crippen LogP contribution in [0.5, 0.6) is 0 Å². The third-order valence-corrected chi connectivity index (χ3v) is 1.53. The van der Waals surface area contributed by atoms with Crippen molar-refractivity contribution in [3.63, 3.8) is 0 Å². The number of amides is 1. The molecular formula is C7H9N3OS. The Morgan fingerprint density at radius 1 is 1.58 bits per heavy atom. The molecule has 0 radical (unpaired) electrons. The first kappa shape index (κ1) is 8.86. The fourth-order valence-electron chi connectivity index (χ4n) is 0.693. The van der Waals surface area contributed by atoms with Crippen LogP contribution < -0.4 is 0 Å². The summed E-state index contributed by atoms with van der Waals surface area (Å²) in [6, 6.07) is 3.24. The van der Waals surface area contributed by atoms with Gasteiger partial charge in [-0.15, -0.1) is 0 Å². The second-order valence-electron chi connectivity index (χ2n) is 2.51. The Morgan fingerprint density at radius 2 is 2.25 bits per heavy atom. The van der Waals surface area contributed by atoms with Crippen LogP contribution in [0.15, 0.2) is 12.1 Å². The first-order valence-electron chi connectivity index (χ1n) is 3.38. The molecule has 0 aliphatic heterocycles. The predicted octanol–water partition coefficient (Wildman–Crippen LogP) is 0.841. The molecule has 0 spiro atoms. The number of hydrogen-bond acceptors (Lipinski definition) is 3. The average Bonchev–Trinajstić information content (AvgIpc) is 2.04. The van der Waals surface area contributed by atoms with E-state index in [2.05, 4.69) is 10.2 Å². The van der Waals surface area contributed by atoms with Gasteiger partial charge in [-0.3, -0.25) is 9.89 Å². The molecule has 0 saturated heterocycles. The molecule has 0 aliphatic rings. The van der Waals surface area contributed by atoms with Gasteiger partial charge in [0, 0.05) is 14.1 Å². The van der Waals surface area contributed by atoms with Gasteiger partial charge in [0.1, 0.15) is 10.3 Å². The van der Waals surface area contributed by atoms with Gasteiger partial charge in [-0.05, 0) is 12.1 Å². The van der Waals surface area contributed by atoms with Crippen LogP contribution in [0.2, 0.25) is 0 Å². The summed E-state index contributed by atoms with van der Waals surface area (Å²) in [5.41, 5.74) is 0.369. The molecule has 1 rings (SSSR count). The van der Waals surface area contributed by atoms with Crippen molar-refractivity contribution in [1.29, 1.82) is 0 Å². The molecule has 1 N–H and O–H groups in total. The number of nitrogens with zero attached hydrogens (tertiary/aromatic N) is 2. The van der Waals surface area contributed by atoms with Crippen molar-refractivity contribution < 1.29 is 4.79 Å². The maximum Gasteiger partial charge on any atom is 0.273 e. The van der Waals surface area contributed by atoms with E-state index >= 15 is 0 Å². The number of nitrogens with one attached hydrogen (secondary N) is 1. The van der Waals surface area contributed by atoms with Gasteiger partial charge < -0.3 is 4.90 Å². The van der Waals surface area contributed by atoms with E-state index in [0.717, 1.165) is 0 Å². The molecule has 0 bridgehead atoms. The number of aromatic amines is 1. The minimum Gasteiger partial charge on any atom is -0.343 e. The number of aromatic nitrogens is 2. The third kappa shape index (κ3) is 1.88. The fraction of sp³-hybridized carbons (Fsp3) is 0.286. The van der Waals surface area contributed by atoms with Gasteiger partial charge in [-0.2, -0.15) is 5.10 Å². The van der Waals surface area contributed by atoms with Crippen LogP contribution in [0.4, 0.5) is 0 Å². The number of hydrogen-bond donors (Lipinski definition) is 1. The summed E-state index contributed by atoms with van der Waals surface area (Å²) in [7, 11) is 3.34. The van der Waals surface area contributed by atoms with E-state index in [1.54, 1.807) is 26.2 Å². The quantitative estimate of drug-likeness (QED) is 0.656. The van der Waals surface area contributed by atoms with Gasteiger partial charge in [0.25, 0.3) is 5.91 Å². The van der Waals surface area contributed by atoms with Crippen LogP contribution in [0.1, 0.15) is 10.5 Å². The first-order chi connectivity index (χ1) is 5.61. The summed E-state index contributed by atoms with van der Waals surface area (Å²) >= 11 is 4.78. The van der Waals surface area contributed by atoms with Crippen LogP contribution in [0, 0.1) is 4.64 Å². The smallest absolute Gasteiger partial charge is 0.273 e. The van der Waals surface area contributed by atoms with Gasteiger partial charge in [-0.1, -0.05) is 12.2 Å². The van der Waals surface area contributed by atoms with E-state index in [9.17, 15) is 4.79 Å². The lowest BCUT2D eigenvalue weighted by atomic mass is 10.3. The standard InChI is InChI=1S/C7H9N3OS/c1-10(2)7(11)5-3-4-6(12)9-8-5/h3-4H,1-2H3,(H,9,12). The Hall–Kier alpha value is -1.23. The van der Waals surface area contributed by atoms with E-state index in [-0.39, 0.29) is 5.91 Å². The third-order valence-electron chi connectivity index (χ3n) is 1.30. The minimum atomic E-state index is -0.138. The summed E-state index contributed by atoms with van der Waals surface area (Å²) in [6.07, 6.45) is 0. The Morgan fingerprint density at radius 3 is 2.67 bits per heavy atom. The molecule has 0 atom stereocenters. The fourth-order valence-corrected chi connectivity index (χ4v) is 0.806. The summed E-state index contributed by atoms with van der Waals surface area (Å²) < 4.78 is 0.519. The maximum atomic E-state index is 11.3. The van der Waals surface area contributed by atoms with E-state index < -0.39 is 0 Å². The Bertz CT molecular complexity index is 324. The van der Waals surface area contributed by atoms with Crippen molar-refractivity contribution in [3.8, 4) is 0 Å². The Kier molecular flexibility index (Phi) is 2.54. The molecule has 1 aromatic rings. The SMILES string of the molecule is CN(C)C(=O)c1ccc(=S)[nH]n1. The molecule has 0 unspecified atom stereocenters. The Labute approximate surface area is 75.2 Å². The van der Waals surface area contributed by atoms with Crippen molar-refractivity contribution in [2.45, 2.75) is 0 Å². The highest BCUT2D eigenvalue weighted by Gasteiger charge is 2.07. The second kappa shape index (κ2) is 3.44. The summed E-state index contributed by atoms with van der Waals surface area (Å²) in [5.74, 6) is -0.138. The lowest BCUT2D eigenvalue weighted by Crippen LogP contribution is -2.22. The summed E-state index contributed by atoms with van der Waals surface area (Å²) in [4.78, 5) is 12.7. The highest BCUT2D eigenvalue weighted by molar-refractivity contribution is 7.71. The van der Waals surface area contributed by atoms with E-state index in [1.807, 2.05) is 0 Å². The zero-order chi connectivity index (χ0) is 9.14. The van der Waals surface area contributed by atoms with Crippen LogP contribution in [-0.4, -0.2) is 35.1 Å². The zero-order valence-electron chi connectivity index (χ0n) is 6.87.